The molecule has 2 aromatic carbocycles. The molecule has 0 bridgehead atoms. The minimum Gasteiger partial charge on any atom is -0.633 e. The molecule has 28 heavy (non-hydrogen) atoms. The number of rotatable bonds is 4. The van der Waals surface area contributed by atoms with Gasteiger partial charge in [0.25, 0.3) is 0 Å². The van der Waals surface area contributed by atoms with Crippen molar-refractivity contribution in [2.75, 3.05) is 45.6 Å². The Morgan fingerprint density at radius 3 is 2.68 bits per heavy atom. The largest absolute Gasteiger partial charge is 0.633 e. The molecule has 5 nitrogen and oxygen atoms in total. The summed E-state index contributed by atoms with van der Waals surface area (Å²) >= 11 is 1.78. The smallest absolute Gasteiger partial charge is 0.102 e. The average molecular weight is 419 g/mol. The van der Waals surface area contributed by atoms with Gasteiger partial charge in [-0.2, -0.15) is 0 Å². The van der Waals surface area contributed by atoms with Crippen LogP contribution in [0.4, 0.5) is 0 Å². The fraction of sp³-hybridized carbons (Fsp3) is 0.429. The first kappa shape index (κ1) is 20.1. The van der Waals surface area contributed by atoms with Crippen LogP contribution in [0.1, 0.15) is 17.2 Å². The number of aliphatic hydroxyl groups excluding tert-OH is 1. The first-order valence-corrected chi connectivity index (χ1v) is 12.0. The topological polar surface area (TPSA) is 63.6 Å². The van der Waals surface area contributed by atoms with Crippen LogP contribution >= 0.6 is 11.8 Å². The summed E-state index contributed by atoms with van der Waals surface area (Å²) in [6.45, 7) is 2.62. The van der Waals surface area contributed by atoms with E-state index in [-0.39, 0.29) is 23.8 Å². The number of nitrogens with zero attached hydrogens (tertiary/aromatic N) is 2. The molecule has 2 heterocycles. The van der Waals surface area contributed by atoms with E-state index in [0.29, 0.717) is 26.2 Å². The van der Waals surface area contributed by atoms with Gasteiger partial charge in [0.05, 0.1) is 19.7 Å². The standard InChI is InChI=1S/C21H26N2O3S2/c1-28(26)17-6-7-21-18(15-17)19(14-16-4-2-3-5-20(16)27-21)22-8-10-23(25,11-9-22)12-13-24/h2-7,15,19,24H,8-14H2,1H3. The third-order valence-corrected chi connectivity index (χ3v) is 7.94. The zero-order valence-electron chi connectivity index (χ0n) is 16.0. The fourth-order valence-corrected chi connectivity index (χ4v) is 5.82. The van der Waals surface area contributed by atoms with E-state index in [4.69, 9.17) is 0 Å². The first-order valence-electron chi connectivity index (χ1n) is 9.64. The van der Waals surface area contributed by atoms with E-state index in [1.807, 2.05) is 6.07 Å². The summed E-state index contributed by atoms with van der Waals surface area (Å²) < 4.78 is 11.8. The Morgan fingerprint density at radius 1 is 1.21 bits per heavy atom. The minimum atomic E-state index is -1.03. The third-order valence-electron chi connectivity index (χ3n) is 5.82. The number of benzene rings is 2. The predicted molar refractivity (Wildman–Crippen MR) is 113 cm³/mol. The van der Waals surface area contributed by atoms with Gasteiger partial charge in [-0.05, 0) is 41.8 Å². The van der Waals surface area contributed by atoms with Gasteiger partial charge in [0, 0.05) is 50.9 Å². The van der Waals surface area contributed by atoms with Crippen LogP contribution in [0.15, 0.2) is 57.2 Å². The first-order chi connectivity index (χ1) is 13.5. The van der Waals surface area contributed by atoms with Crippen LogP contribution in [0.5, 0.6) is 0 Å². The molecule has 2 aromatic rings. The van der Waals surface area contributed by atoms with Crippen molar-refractivity contribution in [1.82, 2.24) is 4.90 Å². The molecular formula is C21H26N2O3S2. The zero-order valence-corrected chi connectivity index (χ0v) is 17.7. The monoisotopic (exact) mass is 418 g/mol. The predicted octanol–water partition coefficient (Wildman–Crippen LogP) is 2.79. The maximum atomic E-state index is 12.7. The normalized spacial score (nSPS) is 22.8. The van der Waals surface area contributed by atoms with Crippen LogP contribution in [-0.2, 0) is 17.2 Å². The molecule has 0 radical (unpaired) electrons. The molecule has 4 rings (SSSR count). The molecule has 0 amide bonds. The van der Waals surface area contributed by atoms with E-state index in [1.165, 1.54) is 20.9 Å². The summed E-state index contributed by atoms with van der Waals surface area (Å²) in [4.78, 5) is 5.72. The van der Waals surface area contributed by atoms with Crippen molar-refractivity contribution in [2.24, 2.45) is 0 Å². The number of fused-ring (bicyclic) bond motifs is 2. The van der Waals surface area contributed by atoms with Gasteiger partial charge < -0.3 is 15.0 Å². The van der Waals surface area contributed by atoms with Gasteiger partial charge in [-0.1, -0.05) is 30.0 Å². The molecule has 0 spiro atoms. The minimum absolute atomic E-state index is 0.0640. The van der Waals surface area contributed by atoms with Crippen molar-refractivity contribution < 1.29 is 14.0 Å². The molecular weight excluding hydrogens is 392 g/mol. The van der Waals surface area contributed by atoms with Gasteiger partial charge in [-0.25, -0.2) is 0 Å². The van der Waals surface area contributed by atoms with Crippen LogP contribution in [0, 0.1) is 5.21 Å². The van der Waals surface area contributed by atoms with Gasteiger partial charge in [0.2, 0.25) is 0 Å². The van der Waals surface area contributed by atoms with Gasteiger partial charge in [-0.3, -0.25) is 9.11 Å². The van der Waals surface area contributed by atoms with Crippen molar-refractivity contribution in [3.63, 3.8) is 0 Å². The lowest BCUT2D eigenvalue weighted by atomic mass is 9.96. The van der Waals surface area contributed by atoms with Crippen LogP contribution < -0.4 is 0 Å². The van der Waals surface area contributed by atoms with Crippen molar-refractivity contribution in [2.45, 2.75) is 27.1 Å². The lowest BCUT2D eigenvalue weighted by Crippen LogP contribution is -2.57. The Labute approximate surface area is 173 Å². The van der Waals surface area contributed by atoms with Crippen LogP contribution in [0.2, 0.25) is 0 Å². The Balaban J connectivity index is 1.69. The number of quaternary nitrogens is 1. The van der Waals surface area contributed by atoms with E-state index in [2.05, 4.69) is 41.3 Å². The van der Waals surface area contributed by atoms with E-state index >= 15 is 0 Å². The maximum absolute atomic E-state index is 12.7. The summed E-state index contributed by atoms with van der Waals surface area (Å²) in [7, 11) is -1.03. The van der Waals surface area contributed by atoms with Crippen LogP contribution in [0.25, 0.3) is 0 Å². The molecule has 2 atom stereocenters. The number of piperazine rings is 1. The number of hydroxylamine groups is 3. The lowest BCUT2D eigenvalue weighted by Gasteiger charge is -2.49. The molecule has 0 saturated carbocycles. The van der Waals surface area contributed by atoms with E-state index in [0.717, 1.165) is 11.3 Å². The maximum Gasteiger partial charge on any atom is 0.102 e. The highest BCUT2D eigenvalue weighted by atomic mass is 32.2. The Kier molecular flexibility index (Phi) is 5.92. The molecule has 7 heteroatoms. The van der Waals surface area contributed by atoms with E-state index < -0.39 is 10.8 Å². The highest BCUT2D eigenvalue weighted by molar-refractivity contribution is 7.99. The molecule has 0 aromatic heterocycles. The average Bonchev–Trinajstić information content (AvgIpc) is 2.84. The third kappa shape index (κ3) is 4.06. The SMILES string of the molecule is CS(=O)c1ccc2c(c1)C(N1CC[N+]([O-])(CCO)CC1)Cc1ccccc1S2. The molecule has 1 N–H and O–H groups in total. The summed E-state index contributed by atoms with van der Waals surface area (Å²) in [6, 6.07) is 14.8. The van der Waals surface area contributed by atoms with Gasteiger partial charge in [-0.15, -0.1) is 0 Å². The second-order valence-electron chi connectivity index (χ2n) is 7.57. The lowest BCUT2D eigenvalue weighted by molar-refractivity contribution is -0.885. The molecule has 150 valence electrons. The van der Waals surface area contributed by atoms with Gasteiger partial charge in [0.1, 0.15) is 6.54 Å². The summed E-state index contributed by atoms with van der Waals surface area (Å²) in [5.74, 6) is 0. The summed E-state index contributed by atoms with van der Waals surface area (Å²) in [6.07, 6.45) is 2.60. The van der Waals surface area contributed by atoms with Crippen LogP contribution in [-0.4, -0.2) is 64.4 Å². The second kappa shape index (κ2) is 8.26. The Hall–Kier alpha value is -1.22. The Bertz CT molecular complexity index is 882. The quantitative estimate of drug-likeness (QED) is 0.611. The number of aliphatic hydroxyl groups is 1. The molecule has 2 aliphatic rings. The van der Waals surface area contributed by atoms with E-state index in [1.54, 1.807) is 18.0 Å². The van der Waals surface area contributed by atoms with Crippen molar-refractivity contribution in [3.8, 4) is 0 Å². The fourth-order valence-electron chi connectivity index (χ4n) is 4.16. The second-order valence-corrected chi connectivity index (χ2v) is 10.0. The molecule has 2 aliphatic heterocycles. The highest BCUT2D eigenvalue weighted by Gasteiger charge is 2.33. The molecule has 2 unspecified atom stereocenters. The summed E-state index contributed by atoms with van der Waals surface area (Å²) in [5, 5.41) is 21.9. The van der Waals surface area contributed by atoms with Crippen molar-refractivity contribution >= 4 is 22.6 Å². The van der Waals surface area contributed by atoms with E-state index in [9.17, 15) is 14.5 Å². The van der Waals surface area contributed by atoms with Crippen molar-refractivity contribution in [1.29, 1.82) is 0 Å². The van der Waals surface area contributed by atoms with Crippen molar-refractivity contribution in [3.05, 3.63) is 58.8 Å². The van der Waals surface area contributed by atoms with Crippen LogP contribution in [0.3, 0.4) is 0 Å². The molecule has 1 saturated heterocycles. The number of hydrogen-bond donors (Lipinski definition) is 1. The zero-order chi connectivity index (χ0) is 19.7. The number of hydrogen-bond acceptors (Lipinski definition) is 5. The van der Waals surface area contributed by atoms with Gasteiger partial charge >= 0.3 is 0 Å². The Morgan fingerprint density at radius 2 is 1.96 bits per heavy atom. The highest BCUT2D eigenvalue weighted by Crippen LogP contribution is 2.43. The summed E-state index contributed by atoms with van der Waals surface area (Å²) in [5.41, 5.74) is 2.53. The molecule has 1 fully saturated rings. The molecule has 0 aliphatic carbocycles. The van der Waals surface area contributed by atoms with Gasteiger partial charge in [0.15, 0.2) is 0 Å².